The number of aliphatic hydroxyl groups excluding tert-OH is 2. The molecule has 4 rings (SSSR count). The lowest BCUT2D eigenvalue weighted by molar-refractivity contribution is -0.198. The van der Waals surface area contributed by atoms with Crippen molar-refractivity contribution in [3.05, 3.63) is 35.1 Å². The third-order valence-corrected chi connectivity index (χ3v) is 6.00. The minimum absolute atomic E-state index is 0.122. The first-order valence-electron chi connectivity index (χ1n) is 7.73. The van der Waals surface area contributed by atoms with Crippen LogP contribution in [-0.4, -0.2) is 38.6 Å². The number of carbonyl (C=O) groups excluding carboxylic acids is 2. The van der Waals surface area contributed by atoms with Gasteiger partial charge in [0.25, 0.3) is 0 Å². The maximum atomic E-state index is 12.2. The Bertz CT molecular complexity index is 685. The smallest absolute Gasteiger partial charge is 0.220 e. The molecular formula is C17H18O5. The van der Waals surface area contributed by atoms with E-state index in [9.17, 15) is 24.9 Å². The van der Waals surface area contributed by atoms with Crippen LogP contribution in [0.15, 0.2) is 35.1 Å². The Labute approximate surface area is 127 Å². The molecule has 116 valence electrons. The van der Waals surface area contributed by atoms with Gasteiger partial charge in [-0.05, 0) is 30.9 Å². The SMILES string of the molecule is O=C1C=CC2=C[C@H]3CCCC4(C2=C1O)C(O)C(=O)CC[C@@]34O. The highest BCUT2D eigenvalue weighted by Gasteiger charge is 2.68. The molecule has 2 fully saturated rings. The molecule has 5 heteroatoms. The largest absolute Gasteiger partial charge is 0.504 e. The molecule has 2 saturated carbocycles. The van der Waals surface area contributed by atoms with E-state index in [1.807, 2.05) is 6.08 Å². The minimum Gasteiger partial charge on any atom is -0.504 e. The van der Waals surface area contributed by atoms with Gasteiger partial charge in [0.2, 0.25) is 5.78 Å². The van der Waals surface area contributed by atoms with Crippen LogP contribution in [0.25, 0.3) is 0 Å². The number of rotatable bonds is 0. The summed E-state index contributed by atoms with van der Waals surface area (Å²) in [4.78, 5) is 24.1. The van der Waals surface area contributed by atoms with Crippen molar-refractivity contribution in [3.8, 4) is 0 Å². The molecule has 0 spiro atoms. The number of ketones is 2. The molecule has 4 aliphatic rings. The highest BCUT2D eigenvalue weighted by atomic mass is 16.3. The minimum atomic E-state index is -1.38. The quantitative estimate of drug-likeness (QED) is 0.623. The monoisotopic (exact) mass is 302 g/mol. The summed E-state index contributed by atoms with van der Waals surface area (Å²) >= 11 is 0. The van der Waals surface area contributed by atoms with Crippen LogP contribution < -0.4 is 0 Å². The summed E-state index contributed by atoms with van der Waals surface area (Å²) in [5, 5.41) is 32.4. The molecule has 0 heterocycles. The summed E-state index contributed by atoms with van der Waals surface area (Å²) < 4.78 is 0. The van der Waals surface area contributed by atoms with Gasteiger partial charge < -0.3 is 15.3 Å². The van der Waals surface area contributed by atoms with Crippen LogP contribution in [0.1, 0.15) is 32.1 Å². The van der Waals surface area contributed by atoms with Crippen LogP contribution in [-0.2, 0) is 9.59 Å². The third-order valence-electron chi connectivity index (χ3n) is 6.00. The van der Waals surface area contributed by atoms with Crippen molar-refractivity contribution in [1.82, 2.24) is 0 Å². The first-order valence-corrected chi connectivity index (χ1v) is 7.73. The Morgan fingerprint density at radius 1 is 1.18 bits per heavy atom. The zero-order valence-electron chi connectivity index (χ0n) is 12.1. The summed E-state index contributed by atoms with van der Waals surface area (Å²) in [6.45, 7) is 0. The Hall–Kier alpha value is -1.72. The second-order valence-electron chi connectivity index (χ2n) is 6.81. The lowest BCUT2D eigenvalue weighted by Crippen LogP contribution is -2.68. The topological polar surface area (TPSA) is 94.8 Å². The molecule has 3 N–H and O–H groups in total. The van der Waals surface area contributed by atoms with E-state index in [0.29, 0.717) is 12.0 Å². The van der Waals surface area contributed by atoms with E-state index < -0.39 is 28.7 Å². The summed E-state index contributed by atoms with van der Waals surface area (Å²) in [5.41, 5.74) is -1.63. The second-order valence-corrected chi connectivity index (χ2v) is 6.81. The van der Waals surface area contributed by atoms with Crippen molar-refractivity contribution in [2.24, 2.45) is 11.3 Å². The number of hydrogen-bond acceptors (Lipinski definition) is 5. The van der Waals surface area contributed by atoms with Gasteiger partial charge in [0, 0.05) is 17.9 Å². The third kappa shape index (κ3) is 1.36. The van der Waals surface area contributed by atoms with Gasteiger partial charge >= 0.3 is 0 Å². The first kappa shape index (κ1) is 13.9. The molecule has 0 aromatic heterocycles. The van der Waals surface area contributed by atoms with Crippen molar-refractivity contribution in [3.63, 3.8) is 0 Å². The predicted octanol–water partition coefficient (Wildman–Crippen LogP) is 1.12. The van der Waals surface area contributed by atoms with E-state index >= 15 is 0 Å². The standard InChI is InChI=1S/C17H18O5/c18-11-4-3-9-8-10-2-1-6-16(13(9)14(11)20)15(21)12(19)5-7-17(10,16)22/h3-4,8,10,15,20-22H,1-2,5-7H2/t10-,15?,16?,17-/m1/s1. The van der Waals surface area contributed by atoms with Crippen LogP contribution >= 0.6 is 0 Å². The molecule has 22 heavy (non-hydrogen) atoms. The van der Waals surface area contributed by atoms with Crippen molar-refractivity contribution in [1.29, 1.82) is 0 Å². The van der Waals surface area contributed by atoms with E-state index in [2.05, 4.69) is 0 Å². The van der Waals surface area contributed by atoms with E-state index in [1.54, 1.807) is 6.08 Å². The maximum Gasteiger partial charge on any atom is 0.220 e. The van der Waals surface area contributed by atoms with Crippen molar-refractivity contribution in [2.45, 2.75) is 43.8 Å². The molecule has 0 aromatic rings. The second kappa shape index (κ2) is 4.18. The van der Waals surface area contributed by atoms with Gasteiger partial charge in [-0.3, -0.25) is 9.59 Å². The summed E-state index contributed by atoms with van der Waals surface area (Å²) in [6, 6.07) is 0. The molecule has 0 saturated heterocycles. The molecule has 0 radical (unpaired) electrons. The molecule has 5 nitrogen and oxygen atoms in total. The Morgan fingerprint density at radius 3 is 2.73 bits per heavy atom. The van der Waals surface area contributed by atoms with Crippen LogP contribution in [0.3, 0.4) is 0 Å². The number of carbonyl (C=O) groups is 2. The lowest BCUT2D eigenvalue weighted by atomic mass is 9.45. The van der Waals surface area contributed by atoms with Crippen LogP contribution in [0.5, 0.6) is 0 Å². The lowest BCUT2D eigenvalue weighted by Gasteiger charge is -2.61. The number of fused-ring (bicyclic) bond motifs is 1. The molecule has 0 amide bonds. The van der Waals surface area contributed by atoms with Gasteiger partial charge in [-0.2, -0.15) is 0 Å². The zero-order chi connectivity index (χ0) is 15.7. The molecule has 2 unspecified atom stereocenters. The molecular weight excluding hydrogens is 284 g/mol. The predicted molar refractivity (Wildman–Crippen MR) is 76.9 cm³/mol. The molecule has 2 bridgehead atoms. The van der Waals surface area contributed by atoms with Crippen LogP contribution in [0.2, 0.25) is 0 Å². The van der Waals surface area contributed by atoms with Gasteiger partial charge in [0.05, 0.1) is 11.0 Å². The normalized spacial score (nSPS) is 43.6. The fraction of sp³-hybridized carbons (Fsp3) is 0.529. The van der Waals surface area contributed by atoms with Crippen molar-refractivity contribution >= 4 is 11.6 Å². The number of hydrogen-bond donors (Lipinski definition) is 3. The van der Waals surface area contributed by atoms with E-state index in [0.717, 1.165) is 12.8 Å². The zero-order valence-corrected chi connectivity index (χ0v) is 12.1. The molecule has 4 aliphatic carbocycles. The van der Waals surface area contributed by atoms with Crippen molar-refractivity contribution < 1.29 is 24.9 Å². The first-order chi connectivity index (χ1) is 10.4. The Kier molecular flexibility index (Phi) is 2.64. The van der Waals surface area contributed by atoms with E-state index in [-0.39, 0.29) is 30.1 Å². The van der Waals surface area contributed by atoms with Gasteiger partial charge in [-0.25, -0.2) is 0 Å². The molecule has 0 aromatic carbocycles. The number of Topliss-reactive ketones (excluding diaryl/α,β-unsaturated/α-hetero) is 1. The average Bonchev–Trinajstić information content (AvgIpc) is 2.47. The van der Waals surface area contributed by atoms with E-state index in [1.165, 1.54) is 6.08 Å². The van der Waals surface area contributed by atoms with Gasteiger partial charge in [-0.1, -0.05) is 18.6 Å². The van der Waals surface area contributed by atoms with Crippen LogP contribution in [0, 0.1) is 11.3 Å². The van der Waals surface area contributed by atoms with Crippen LogP contribution in [0.4, 0.5) is 0 Å². The highest BCUT2D eigenvalue weighted by Crippen LogP contribution is 2.64. The fourth-order valence-corrected chi connectivity index (χ4v) is 5.01. The summed E-state index contributed by atoms with van der Waals surface area (Å²) in [6.07, 6.45) is 5.69. The van der Waals surface area contributed by atoms with Gasteiger partial charge in [0.15, 0.2) is 11.5 Å². The number of aliphatic hydroxyl groups is 3. The average molecular weight is 302 g/mol. The number of allylic oxidation sites excluding steroid dienone is 3. The fourth-order valence-electron chi connectivity index (χ4n) is 5.01. The summed E-state index contributed by atoms with van der Waals surface area (Å²) in [5.74, 6) is -1.48. The Morgan fingerprint density at radius 2 is 1.95 bits per heavy atom. The summed E-state index contributed by atoms with van der Waals surface area (Å²) in [7, 11) is 0. The highest BCUT2D eigenvalue weighted by molar-refractivity contribution is 6.06. The van der Waals surface area contributed by atoms with Gasteiger partial charge in [-0.15, -0.1) is 0 Å². The van der Waals surface area contributed by atoms with E-state index in [4.69, 9.17) is 0 Å². The molecule has 4 atom stereocenters. The Balaban J connectivity index is 2.06. The molecule has 0 aliphatic heterocycles. The van der Waals surface area contributed by atoms with Gasteiger partial charge in [0.1, 0.15) is 6.10 Å². The van der Waals surface area contributed by atoms with Crippen molar-refractivity contribution in [2.75, 3.05) is 0 Å². The maximum absolute atomic E-state index is 12.2.